The second-order valence-electron chi connectivity index (χ2n) is 7.17. The number of nitrogens with zero attached hydrogens (tertiary/aromatic N) is 1. The fraction of sp³-hybridized carbons (Fsp3) is 1.00. The van der Waals surface area contributed by atoms with Crippen molar-refractivity contribution in [1.82, 2.24) is 10.2 Å². The van der Waals surface area contributed by atoms with E-state index in [4.69, 9.17) is 0 Å². The van der Waals surface area contributed by atoms with Gasteiger partial charge in [-0.25, -0.2) is 0 Å². The van der Waals surface area contributed by atoms with Crippen molar-refractivity contribution in [2.75, 3.05) is 26.2 Å². The Morgan fingerprint density at radius 1 is 1.16 bits per heavy atom. The van der Waals surface area contributed by atoms with Gasteiger partial charge >= 0.3 is 0 Å². The summed E-state index contributed by atoms with van der Waals surface area (Å²) in [5.41, 5.74) is 0.610. The average Bonchev–Trinajstić information content (AvgIpc) is 2.45. The molecule has 0 aromatic heterocycles. The molecule has 3 unspecified atom stereocenters. The van der Waals surface area contributed by atoms with Crippen LogP contribution in [0.3, 0.4) is 0 Å². The minimum atomic E-state index is 0.610. The third-order valence-corrected chi connectivity index (χ3v) is 5.61. The maximum atomic E-state index is 3.65. The summed E-state index contributed by atoms with van der Waals surface area (Å²) in [4.78, 5) is 2.84. The monoisotopic (exact) mass is 266 g/mol. The first-order chi connectivity index (χ1) is 9.19. The molecule has 0 radical (unpaired) electrons. The number of nitrogens with one attached hydrogen (secondary N) is 1. The number of likely N-dealkylation sites (tertiary alicyclic amines) is 1. The van der Waals surface area contributed by atoms with E-state index in [1.165, 1.54) is 71.1 Å². The van der Waals surface area contributed by atoms with Gasteiger partial charge in [-0.2, -0.15) is 0 Å². The van der Waals surface area contributed by atoms with Gasteiger partial charge < -0.3 is 5.32 Å². The molecule has 0 aliphatic carbocycles. The van der Waals surface area contributed by atoms with Crippen LogP contribution < -0.4 is 5.32 Å². The van der Waals surface area contributed by atoms with Crippen LogP contribution in [0.2, 0.25) is 0 Å². The lowest BCUT2D eigenvalue weighted by Gasteiger charge is -2.48. The van der Waals surface area contributed by atoms with Crippen molar-refractivity contribution in [3.05, 3.63) is 0 Å². The highest BCUT2D eigenvalue weighted by atomic mass is 15.2. The van der Waals surface area contributed by atoms with Crippen LogP contribution in [0.4, 0.5) is 0 Å². The highest BCUT2D eigenvalue weighted by Gasteiger charge is 2.38. The summed E-state index contributed by atoms with van der Waals surface area (Å²) in [5, 5.41) is 3.65. The van der Waals surface area contributed by atoms with Gasteiger partial charge in [0.2, 0.25) is 0 Å². The summed E-state index contributed by atoms with van der Waals surface area (Å²) in [6.45, 7) is 12.3. The van der Waals surface area contributed by atoms with Gasteiger partial charge in [0.1, 0.15) is 0 Å². The van der Waals surface area contributed by atoms with Crippen LogP contribution >= 0.6 is 0 Å². The van der Waals surface area contributed by atoms with Crippen LogP contribution in [0, 0.1) is 11.3 Å². The molecule has 0 saturated carbocycles. The molecule has 0 bridgehead atoms. The predicted octanol–water partition coefficient (Wildman–Crippen LogP) is 3.67. The van der Waals surface area contributed by atoms with Crippen molar-refractivity contribution < 1.29 is 0 Å². The first-order valence-electron chi connectivity index (χ1n) is 8.64. The first kappa shape index (κ1) is 15.3. The Labute approximate surface area is 120 Å². The smallest absolute Gasteiger partial charge is 0.00954 e. The van der Waals surface area contributed by atoms with E-state index >= 15 is 0 Å². The van der Waals surface area contributed by atoms with Gasteiger partial charge in [0.05, 0.1) is 0 Å². The van der Waals surface area contributed by atoms with Gasteiger partial charge in [-0.05, 0) is 62.9 Å². The molecule has 2 nitrogen and oxygen atoms in total. The molecule has 0 amide bonds. The number of hydrogen-bond acceptors (Lipinski definition) is 2. The summed E-state index contributed by atoms with van der Waals surface area (Å²) in [6, 6.07) is 0.828. The summed E-state index contributed by atoms with van der Waals surface area (Å²) in [6.07, 6.45) is 9.77. The van der Waals surface area contributed by atoms with Crippen molar-refractivity contribution in [2.45, 2.75) is 71.8 Å². The SMILES string of the molecule is CCC(C)CC(CC)N1CCCC2(CCCNC2)C1. The standard InChI is InChI=1S/C17H34N2/c1-4-15(3)12-16(5-2)19-11-7-9-17(14-19)8-6-10-18-13-17/h15-16,18H,4-14H2,1-3H3. The molecule has 2 saturated heterocycles. The molecule has 0 aromatic rings. The minimum absolute atomic E-state index is 0.610. The zero-order chi connectivity index (χ0) is 13.7. The van der Waals surface area contributed by atoms with Crippen LogP contribution in [0.25, 0.3) is 0 Å². The normalized spacial score (nSPS) is 32.4. The Bertz CT molecular complexity index is 252. The molecule has 1 N–H and O–H groups in total. The molecular formula is C17H34N2. The maximum absolute atomic E-state index is 3.65. The zero-order valence-corrected chi connectivity index (χ0v) is 13.4. The summed E-state index contributed by atoms with van der Waals surface area (Å²) in [5.74, 6) is 0.882. The van der Waals surface area contributed by atoms with Gasteiger partial charge in [-0.1, -0.05) is 27.2 Å². The Kier molecular flexibility index (Phi) is 5.70. The molecular weight excluding hydrogens is 232 g/mol. The van der Waals surface area contributed by atoms with E-state index in [0.717, 1.165) is 12.0 Å². The first-order valence-corrected chi connectivity index (χ1v) is 8.64. The number of piperidine rings is 2. The van der Waals surface area contributed by atoms with Gasteiger partial charge in [0.15, 0.2) is 0 Å². The number of rotatable bonds is 5. The molecule has 112 valence electrons. The lowest BCUT2D eigenvalue weighted by atomic mass is 9.74. The van der Waals surface area contributed by atoms with Crippen molar-refractivity contribution in [1.29, 1.82) is 0 Å². The molecule has 2 aliphatic heterocycles. The molecule has 2 aliphatic rings. The molecule has 19 heavy (non-hydrogen) atoms. The Hall–Kier alpha value is -0.0800. The lowest BCUT2D eigenvalue weighted by molar-refractivity contribution is 0.0294. The quantitative estimate of drug-likeness (QED) is 0.817. The minimum Gasteiger partial charge on any atom is -0.316 e. The molecule has 2 heterocycles. The lowest BCUT2D eigenvalue weighted by Crippen LogP contribution is -2.53. The van der Waals surface area contributed by atoms with Gasteiger partial charge in [0, 0.05) is 19.1 Å². The largest absolute Gasteiger partial charge is 0.316 e. The van der Waals surface area contributed by atoms with E-state index in [1.54, 1.807) is 0 Å². The topological polar surface area (TPSA) is 15.3 Å². The molecule has 2 fully saturated rings. The van der Waals surface area contributed by atoms with Crippen LogP contribution in [0.15, 0.2) is 0 Å². The average molecular weight is 266 g/mol. The van der Waals surface area contributed by atoms with Crippen molar-refractivity contribution in [3.63, 3.8) is 0 Å². The van der Waals surface area contributed by atoms with Crippen LogP contribution in [0.5, 0.6) is 0 Å². The van der Waals surface area contributed by atoms with E-state index in [0.29, 0.717) is 5.41 Å². The predicted molar refractivity (Wildman–Crippen MR) is 83.5 cm³/mol. The molecule has 0 aromatic carbocycles. The summed E-state index contributed by atoms with van der Waals surface area (Å²) >= 11 is 0. The van der Waals surface area contributed by atoms with E-state index in [9.17, 15) is 0 Å². The Balaban J connectivity index is 1.94. The van der Waals surface area contributed by atoms with Crippen LogP contribution in [0.1, 0.15) is 65.7 Å². The molecule has 2 heteroatoms. The van der Waals surface area contributed by atoms with E-state index in [-0.39, 0.29) is 0 Å². The zero-order valence-electron chi connectivity index (χ0n) is 13.4. The Morgan fingerprint density at radius 3 is 2.58 bits per heavy atom. The van der Waals surface area contributed by atoms with Crippen molar-refractivity contribution in [3.8, 4) is 0 Å². The maximum Gasteiger partial charge on any atom is 0.00954 e. The van der Waals surface area contributed by atoms with Gasteiger partial charge in [-0.15, -0.1) is 0 Å². The third-order valence-electron chi connectivity index (χ3n) is 5.61. The highest BCUT2D eigenvalue weighted by molar-refractivity contribution is 4.93. The van der Waals surface area contributed by atoms with Gasteiger partial charge in [-0.3, -0.25) is 4.90 Å². The highest BCUT2D eigenvalue weighted by Crippen LogP contribution is 2.37. The Morgan fingerprint density at radius 2 is 1.95 bits per heavy atom. The fourth-order valence-electron chi connectivity index (χ4n) is 4.14. The molecule has 2 rings (SSSR count). The van der Waals surface area contributed by atoms with Crippen molar-refractivity contribution >= 4 is 0 Å². The van der Waals surface area contributed by atoms with Crippen LogP contribution in [-0.2, 0) is 0 Å². The summed E-state index contributed by atoms with van der Waals surface area (Å²) in [7, 11) is 0. The van der Waals surface area contributed by atoms with E-state index < -0.39 is 0 Å². The molecule has 1 spiro atoms. The summed E-state index contributed by atoms with van der Waals surface area (Å²) < 4.78 is 0. The van der Waals surface area contributed by atoms with Crippen molar-refractivity contribution in [2.24, 2.45) is 11.3 Å². The second-order valence-corrected chi connectivity index (χ2v) is 7.17. The third kappa shape index (κ3) is 3.95. The van der Waals surface area contributed by atoms with Crippen LogP contribution in [-0.4, -0.2) is 37.1 Å². The molecule has 3 atom stereocenters. The number of hydrogen-bond donors (Lipinski definition) is 1. The second kappa shape index (κ2) is 7.08. The fourth-order valence-corrected chi connectivity index (χ4v) is 4.14. The van der Waals surface area contributed by atoms with E-state index in [1.807, 2.05) is 0 Å². The van der Waals surface area contributed by atoms with Gasteiger partial charge in [0.25, 0.3) is 0 Å². The van der Waals surface area contributed by atoms with E-state index in [2.05, 4.69) is 31.0 Å².